The number of fused-ring (bicyclic) bond motifs is 1. The molecule has 31 heavy (non-hydrogen) atoms. The highest BCUT2D eigenvalue weighted by atomic mass is 16.3. The second-order valence-corrected chi connectivity index (χ2v) is 7.93. The van der Waals surface area contributed by atoms with E-state index in [4.69, 9.17) is 0 Å². The Balaban J connectivity index is 1.76. The molecule has 3 aromatic heterocycles. The van der Waals surface area contributed by atoms with Crippen LogP contribution in [0.4, 0.5) is 0 Å². The van der Waals surface area contributed by atoms with Gasteiger partial charge in [0.2, 0.25) is 5.88 Å². The van der Waals surface area contributed by atoms with Crippen molar-refractivity contribution in [2.45, 2.75) is 45.8 Å². The predicted octanol–water partition coefficient (Wildman–Crippen LogP) is 0.470. The van der Waals surface area contributed by atoms with Crippen LogP contribution in [0.3, 0.4) is 0 Å². The molecule has 0 radical (unpaired) electrons. The first-order valence-corrected chi connectivity index (χ1v) is 10.0. The van der Waals surface area contributed by atoms with E-state index in [9.17, 15) is 19.5 Å². The molecule has 0 atom stereocenters. The van der Waals surface area contributed by atoms with Crippen LogP contribution in [0.25, 0.3) is 5.65 Å². The van der Waals surface area contributed by atoms with E-state index in [1.807, 2.05) is 13.8 Å². The summed E-state index contributed by atoms with van der Waals surface area (Å²) in [6.45, 7) is 4.18. The normalized spacial score (nSPS) is 13.5. The molecule has 11 nitrogen and oxygen atoms in total. The Morgan fingerprint density at radius 3 is 2.65 bits per heavy atom. The SMILES string of the molecule is CC(C)Cn1c(=O)c(C(=O)NC2CC2)c(O)n2ncc(C(=O)NCc3cnccn3)c12. The highest BCUT2D eigenvalue weighted by Gasteiger charge is 2.30. The Hall–Kier alpha value is -3.76. The van der Waals surface area contributed by atoms with Crippen LogP contribution in [-0.2, 0) is 13.1 Å². The summed E-state index contributed by atoms with van der Waals surface area (Å²) in [7, 11) is 0. The van der Waals surface area contributed by atoms with Crippen LogP contribution >= 0.6 is 0 Å². The van der Waals surface area contributed by atoms with Gasteiger partial charge in [0.1, 0.15) is 5.56 Å². The van der Waals surface area contributed by atoms with Gasteiger partial charge in [0.05, 0.1) is 24.6 Å². The van der Waals surface area contributed by atoms with Crippen molar-refractivity contribution in [2.24, 2.45) is 5.92 Å². The van der Waals surface area contributed by atoms with E-state index in [-0.39, 0.29) is 41.8 Å². The number of carbonyl (C=O) groups is 2. The summed E-state index contributed by atoms with van der Waals surface area (Å²) < 4.78 is 2.37. The number of aromatic hydroxyl groups is 1. The first-order chi connectivity index (χ1) is 14.9. The molecule has 2 amide bonds. The first kappa shape index (κ1) is 20.5. The molecule has 0 bridgehead atoms. The molecule has 1 saturated carbocycles. The van der Waals surface area contributed by atoms with Gasteiger partial charge in [-0.05, 0) is 18.8 Å². The number of amides is 2. The lowest BCUT2D eigenvalue weighted by Crippen LogP contribution is -2.36. The molecule has 1 aliphatic rings. The van der Waals surface area contributed by atoms with Gasteiger partial charge in [0.25, 0.3) is 17.4 Å². The van der Waals surface area contributed by atoms with Gasteiger partial charge >= 0.3 is 0 Å². The summed E-state index contributed by atoms with van der Waals surface area (Å²) >= 11 is 0. The van der Waals surface area contributed by atoms with Gasteiger partial charge in [-0.3, -0.25) is 28.9 Å². The number of rotatable bonds is 7. The summed E-state index contributed by atoms with van der Waals surface area (Å²) in [5.41, 5.74) is -0.259. The van der Waals surface area contributed by atoms with Gasteiger partial charge in [-0.25, -0.2) is 0 Å². The summed E-state index contributed by atoms with van der Waals surface area (Å²) in [4.78, 5) is 46.7. The van der Waals surface area contributed by atoms with E-state index < -0.39 is 23.3 Å². The molecule has 0 spiro atoms. The molecule has 3 heterocycles. The molecule has 1 fully saturated rings. The molecule has 11 heteroatoms. The number of carbonyl (C=O) groups excluding carboxylic acids is 2. The number of hydrogen-bond donors (Lipinski definition) is 3. The molecular formula is C20H23N7O4. The van der Waals surface area contributed by atoms with Gasteiger partial charge < -0.3 is 15.7 Å². The van der Waals surface area contributed by atoms with Crippen LogP contribution in [0.15, 0.2) is 29.6 Å². The molecule has 0 aromatic carbocycles. The third-order valence-corrected chi connectivity index (χ3v) is 4.86. The average Bonchev–Trinajstić information content (AvgIpc) is 3.43. The lowest BCUT2D eigenvalue weighted by atomic mass is 10.2. The molecule has 0 unspecified atom stereocenters. The molecule has 1 aliphatic carbocycles. The van der Waals surface area contributed by atoms with Gasteiger partial charge in [-0.1, -0.05) is 13.8 Å². The molecule has 3 aromatic rings. The lowest BCUT2D eigenvalue weighted by Gasteiger charge is -2.15. The topological polar surface area (TPSA) is 144 Å². The van der Waals surface area contributed by atoms with E-state index in [0.717, 1.165) is 17.4 Å². The first-order valence-electron chi connectivity index (χ1n) is 10.0. The zero-order valence-electron chi connectivity index (χ0n) is 17.2. The number of nitrogens with one attached hydrogen (secondary N) is 2. The second kappa shape index (κ2) is 8.17. The molecule has 4 rings (SSSR count). The summed E-state index contributed by atoms with van der Waals surface area (Å²) in [5, 5.41) is 20.2. The van der Waals surface area contributed by atoms with Crippen LogP contribution in [-0.4, -0.2) is 47.1 Å². The van der Waals surface area contributed by atoms with Crippen molar-refractivity contribution in [3.63, 3.8) is 0 Å². The number of nitrogens with zero attached hydrogens (tertiary/aromatic N) is 5. The van der Waals surface area contributed by atoms with Gasteiger partial charge in [0, 0.05) is 25.0 Å². The van der Waals surface area contributed by atoms with Crippen molar-refractivity contribution in [1.82, 2.24) is 34.8 Å². The minimum atomic E-state index is -0.666. The Morgan fingerprint density at radius 2 is 2.00 bits per heavy atom. The Kier molecular flexibility index (Phi) is 5.40. The number of hydrogen-bond acceptors (Lipinski definition) is 7. The molecule has 162 valence electrons. The maximum atomic E-state index is 13.2. The zero-order chi connectivity index (χ0) is 22.1. The maximum absolute atomic E-state index is 13.2. The van der Waals surface area contributed by atoms with E-state index in [2.05, 4.69) is 25.7 Å². The van der Waals surface area contributed by atoms with Crippen molar-refractivity contribution in [1.29, 1.82) is 0 Å². The monoisotopic (exact) mass is 425 g/mol. The zero-order valence-corrected chi connectivity index (χ0v) is 17.2. The van der Waals surface area contributed by atoms with Crippen LogP contribution < -0.4 is 16.2 Å². The summed E-state index contributed by atoms with van der Waals surface area (Å²) in [6, 6.07) is 0.0144. The Labute approximate surface area is 177 Å². The predicted molar refractivity (Wildman–Crippen MR) is 110 cm³/mol. The highest BCUT2D eigenvalue weighted by molar-refractivity contribution is 6.01. The average molecular weight is 425 g/mol. The maximum Gasteiger partial charge on any atom is 0.270 e. The lowest BCUT2D eigenvalue weighted by molar-refractivity contribution is 0.0940. The van der Waals surface area contributed by atoms with Crippen molar-refractivity contribution in [2.75, 3.05) is 0 Å². The Morgan fingerprint density at radius 1 is 1.23 bits per heavy atom. The molecule has 0 saturated heterocycles. The minimum Gasteiger partial charge on any atom is -0.492 e. The minimum absolute atomic E-state index is 0.0144. The van der Waals surface area contributed by atoms with Crippen LogP contribution in [0.2, 0.25) is 0 Å². The molecule has 3 N–H and O–H groups in total. The quantitative estimate of drug-likeness (QED) is 0.499. The number of aromatic nitrogens is 5. The van der Waals surface area contributed by atoms with Crippen molar-refractivity contribution >= 4 is 17.5 Å². The Bertz CT molecular complexity index is 1200. The van der Waals surface area contributed by atoms with E-state index >= 15 is 0 Å². The molecule has 0 aliphatic heterocycles. The highest BCUT2D eigenvalue weighted by Crippen LogP contribution is 2.23. The standard InChI is InChI=1S/C20H23N7O4/c1-11(2)10-26-18-14(16(28)23-8-13-7-21-5-6-22-13)9-24-27(18)20(31)15(19(26)30)17(29)25-12-3-4-12/h5-7,9,11-12,31H,3-4,8,10H2,1-2H3,(H,23,28)(H,25,29). The van der Waals surface area contributed by atoms with E-state index in [1.165, 1.54) is 29.4 Å². The van der Waals surface area contributed by atoms with Gasteiger partial charge in [-0.2, -0.15) is 9.61 Å². The summed E-state index contributed by atoms with van der Waals surface area (Å²) in [6.07, 6.45) is 7.52. The van der Waals surface area contributed by atoms with E-state index in [0.29, 0.717) is 5.69 Å². The largest absolute Gasteiger partial charge is 0.492 e. The fourth-order valence-corrected chi connectivity index (χ4v) is 3.26. The van der Waals surface area contributed by atoms with E-state index in [1.54, 1.807) is 0 Å². The fourth-order valence-electron chi connectivity index (χ4n) is 3.26. The van der Waals surface area contributed by atoms with Crippen molar-refractivity contribution in [3.05, 3.63) is 52.0 Å². The smallest absolute Gasteiger partial charge is 0.270 e. The second-order valence-electron chi connectivity index (χ2n) is 7.93. The summed E-state index contributed by atoms with van der Waals surface area (Å²) in [5.74, 6) is -1.69. The van der Waals surface area contributed by atoms with Crippen molar-refractivity contribution < 1.29 is 14.7 Å². The molecular weight excluding hydrogens is 402 g/mol. The van der Waals surface area contributed by atoms with Crippen LogP contribution in [0, 0.1) is 5.92 Å². The third kappa shape index (κ3) is 4.11. The van der Waals surface area contributed by atoms with Crippen LogP contribution in [0.5, 0.6) is 5.88 Å². The van der Waals surface area contributed by atoms with Gasteiger partial charge in [-0.15, -0.1) is 0 Å². The van der Waals surface area contributed by atoms with Crippen molar-refractivity contribution in [3.8, 4) is 5.88 Å². The van der Waals surface area contributed by atoms with Crippen LogP contribution in [0.1, 0.15) is 53.1 Å². The fraction of sp³-hybridized carbons (Fsp3) is 0.400. The third-order valence-electron chi connectivity index (χ3n) is 4.86. The van der Waals surface area contributed by atoms with Gasteiger partial charge in [0.15, 0.2) is 11.2 Å².